The topological polar surface area (TPSA) is 94.6 Å². The molecule has 0 aliphatic carbocycles. The Bertz CT molecular complexity index is 1350. The highest BCUT2D eigenvalue weighted by Crippen LogP contribution is 2.43. The number of nitrogens with zero attached hydrogens (tertiary/aromatic N) is 3. The van der Waals surface area contributed by atoms with Crippen molar-refractivity contribution in [2.45, 2.75) is 12.7 Å². The van der Waals surface area contributed by atoms with Crippen LogP contribution in [0.4, 0.5) is 22.7 Å². The summed E-state index contributed by atoms with van der Waals surface area (Å²) in [5.74, 6) is -0.481. The average molecular weight is 501 g/mol. The maximum atomic E-state index is 13.3. The van der Waals surface area contributed by atoms with Gasteiger partial charge in [0.15, 0.2) is 6.61 Å². The van der Waals surface area contributed by atoms with Gasteiger partial charge in [-0.15, -0.1) is 0 Å². The molecule has 1 atom stereocenters. The van der Waals surface area contributed by atoms with Gasteiger partial charge in [0.25, 0.3) is 5.91 Å². The summed E-state index contributed by atoms with van der Waals surface area (Å²) in [4.78, 5) is 30.3. The number of fused-ring (bicyclic) bond motifs is 2. The molecular formula is C28H28N4O5. The molecule has 1 amide bonds. The maximum absolute atomic E-state index is 13.3. The number of aliphatic carboxylic acids is 1. The van der Waals surface area contributed by atoms with Crippen LogP contribution < -0.4 is 24.8 Å². The fourth-order valence-electron chi connectivity index (χ4n) is 5.22. The number of morpholine rings is 1. The van der Waals surface area contributed by atoms with E-state index >= 15 is 0 Å². The molecule has 3 aromatic rings. The van der Waals surface area contributed by atoms with E-state index < -0.39 is 5.97 Å². The van der Waals surface area contributed by atoms with Gasteiger partial charge in [0.05, 0.1) is 31.1 Å². The SMILES string of the molecule is CN1c2cc(N3Cc4cc(N5CCOCC5)ccc4C3=O)ccc2NC1c1ccc(OCC(=O)O)cc1. The molecule has 3 aromatic carbocycles. The van der Waals surface area contributed by atoms with E-state index in [1.807, 2.05) is 48.3 Å². The van der Waals surface area contributed by atoms with E-state index in [-0.39, 0.29) is 18.7 Å². The number of carbonyl (C=O) groups is 2. The van der Waals surface area contributed by atoms with Crippen LogP contribution in [0.3, 0.4) is 0 Å². The largest absolute Gasteiger partial charge is 0.482 e. The molecule has 37 heavy (non-hydrogen) atoms. The van der Waals surface area contributed by atoms with Gasteiger partial charge in [-0.25, -0.2) is 4.79 Å². The van der Waals surface area contributed by atoms with Crippen molar-refractivity contribution in [2.75, 3.05) is 60.0 Å². The van der Waals surface area contributed by atoms with Gasteiger partial charge in [0, 0.05) is 37.1 Å². The molecule has 190 valence electrons. The number of hydrogen-bond donors (Lipinski definition) is 2. The van der Waals surface area contributed by atoms with Gasteiger partial charge in [-0.05, 0) is 59.7 Å². The molecule has 3 aliphatic rings. The molecule has 0 saturated carbocycles. The molecule has 6 rings (SSSR count). The number of ether oxygens (including phenoxy) is 2. The molecule has 3 aliphatic heterocycles. The summed E-state index contributed by atoms with van der Waals surface area (Å²) in [5.41, 5.74) is 6.81. The second kappa shape index (κ2) is 9.33. The lowest BCUT2D eigenvalue weighted by Crippen LogP contribution is -2.36. The van der Waals surface area contributed by atoms with E-state index in [9.17, 15) is 9.59 Å². The zero-order valence-corrected chi connectivity index (χ0v) is 20.5. The number of carboxylic acids is 1. The van der Waals surface area contributed by atoms with Gasteiger partial charge in [-0.3, -0.25) is 4.79 Å². The normalized spacial score (nSPS) is 18.5. The zero-order valence-electron chi connectivity index (χ0n) is 20.5. The molecule has 9 nitrogen and oxygen atoms in total. The van der Waals surface area contributed by atoms with Gasteiger partial charge in [0.2, 0.25) is 0 Å². The Morgan fingerprint density at radius 2 is 1.81 bits per heavy atom. The van der Waals surface area contributed by atoms with Crippen molar-refractivity contribution in [2.24, 2.45) is 0 Å². The summed E-state index contributed by atoms with van der Waals surface area (Å²) in [7, 11) is 2.01. The number of carboxylic acid groups (broad SMARTS) is 1. The number of anilines is 4. The van der Waals surface area contributed by atoms with Gasteiger partial charge < -0.3 is 34.6 Å². The molecule has 0 aromatic heterocycles. The summed E-state index contributed by atoms with van der Waals surface area (Å²) >= 11 is 0. The Labute approximate surface area is 214 Å². The van der Waals surface area contributed by atoms with Crippen LogP contribution >= 0.6 is 0 Å². The Balaban J connectivity index is 1.19. The van der Waals surface area contributed by atoms with E-state index in [1.165, 1.54) is 0 Å². The highest BCUT2D eigenvalue weighted by Gasteiger charge is 2.32. The lowest BCUT2D eigenvalue weighted by molar-refractivity contribution is -0.139. The first-order chi connectivity index (χ1) is 18.0. The summed E-state index contributed by atoms with van der Waals surface area (Å²) in [6, 6.07) is 19.6. The number of amides is 1. The molecule has 9 heteroatoms. The Hall–Kier alpha value is -4.24. The van der Waals surface area contributed by atoms with Crippen molar-refractivity contribution in [3.8, 4) is 5.75 Å². The monoisotopic (exact) mass is 500 g/mol. The average Bonchev–Trinajstić information content (AvgIpc) is 3.44. The Morgan fingerprint density at radius 1 is 1.05 bits per heavy atom. The lowest BCUT2D eigenvalue weighted by Gasteiger charge is -2.29. The fourth-order valence-corrected chi connectivity index (χ4v) is 5.22. The molecule has 3 heterocycles. The standard InChI is InChI=1S/C28H28N4O5/c1-30-25-15-21(5-9-24(25)29-27(30)18-2-6-22(7-3-18)37-17-26(33)34)32-16-19-14-20(4-8-23(19)28(32)35)31-10-12-36-13-11-31/h2-9,14-15,27,29H,10-13,16-17H2,1H3,(H,33,34). The highest BCUT2D eigenvalue weighted by molar-refractivity contribution is 6.10. The third-order valence-corrected chi connectivity index (χ3v) is 7.18. The number of benzene rings is 3. The smallest absolute Gasteiger partial charge is 0.341 e. The number of nitrogens with one attached hydrogen (secondary N) is 1. The molecule has 1 saturated heterocycles. The van der Waals surface area contributed by atoms with Crippen LogP contribution in [0.5, 0.6) is 5.75 Å². The molecule has 1 unspecified atom stereocenters. The summed E-state index contributed by atoms with van der Waals surface area (Å²) < 4.78 is 10.7. The van der Waals surface area contributed by atoms with Gasteiger partial charge >= 0.3 is 5.97 Å². The van der Waals surface area contributed by atoms with Crippen LogP contribution in [-0.4, -0.2) is 56.9 Å². The second-order valence-electron chi connectivity index (χ2n) is 9.44. The molecule has 0 radical (unpaired) electrons. The van der Waals surface area contributed by atoms with E-state index in [1.54, 1.807) is 12.1 Å². The van der Waals surface area contributed by atoms with Crippen LogP contribution in [0.1, 0.15) is 27.7 Å². The first-order valence-electron chi connectivity index (χ1n) is 12.3. The van der Waals surface area contributed by atoms with Crippen molar-refractivity contribution in [1.29, 1.82) is 0 Å². The van der Waals surface area contributed by atoms with Crippen LogP contribution in [-0.2, 0) is 16.1 Å². The van der Waals surface area contributed by atoms with Crippen LogP contribution in [0.2, 0.25) is 0 Å². The third-order valence-electron chi connectivity index (χ3n) is 7.18. The second-order valence-corrected chi connectivity index (χ2v) is 9.44. The van der Waals surface area contributed by atoms with Crippen molar-refractivity contribution in [3.05, 3.63) is 77.4 Å². The predicted octanol–water partition coefficient (Wildman–Crippen LogP) is 3.71. The summed E-state index contributed by atoms with van der Waals surface area (Å²) in [5, 5.41) is 12.3. The molecule has 0 spiro atoms. The zero-order chi connectivity index (χ0) is 25.5. The van der Waals surface area contributed by atoms with Gasteiger partial charge in [-0.1, -0.05) is 12.1 Å². The predicted molar refractivity (Wildman–Crippen MR) is 141 cm³/mol. The molecular weight excluding hydrogens is 472 g/mol. The van der Waals surface area contributed by atoms with E-state index in [4.69, 9.17) is 14.6 Å². The van der Waals surface area contributed by atoms with E-state index in [2.05, 4.69) is 27.2 Å². The molecule has 0 bridgehead atoms. The first-order valence-corrected chi connectivity index (χ1v) is 12.3. The van der Waals surface area contributed by atoms with Crippen LogP contribution in [0.15, 0.2) is 60.7 Å². The van der Waals surface area contributed by atoms with Crippen molar-refractivity contribution in [3.63, 3.8) is 0 Å². The van der Waals surface area contributed by atoms with Crippen LogP contribution in [0.25, 0.3) is 0 Å². The van der Waals surface area contributed by atoms with Gasteiger partial charge in [0.1, 0.15) is 11.9 Å². The van der Waals surface area contributed by atoms with Crippen molar-refractivity contribution in [1.82, 2.24) is 0 Å². The summed E-state index contributed by atoms with van der Waals surface area (Å²) in [6.07, 6.45) is -0.0960. The molecule has 1 fully saturated rings. The van der Waals surface area contributed by atoms with Crippen molar-refractivity contribution < 1.29 is 24.2 Å². The Morgan fingerprint density at radius 3 is 2.57 bits per heavy atom. The van der Waals surface area contributed by atoms with Crippen molar-refractivity contribution >= 4 is 34.6 Å². The number of rotatable bonds is 6. The first kappa shape index (κ1) is 23.2. The summed E-state index contributed by atoms with van der Waals surface area (Å²) in [6.45, 7) is 3.34. The minimum absolute atomic E-state index is 0.0191. The van der Waals surface area contributed by atoms with Crippen LogP contribution in [0, 0.1) is 0 Å². The quantitative estimate of drug-likeness (QED) is 0.529. The Kier molecular flexibility index (Phi) is 5.84. The minimum atomic E-state index is -1.01. The minimum Gasteiger partial charge on any atom is -0.482 e. The fraction of sp³-hybridized carbons (Fsp3) is 0.286. The number of carbonyl (C=O) groups excluding carboxylic acids is 1. The third kappa shape index (κ3) is 4.31. The molecule has 2 N–H and O–H groups in total. The van der Waals surface area contributed by atoms with Gasteiger partial charge in [-0.2, -0.15) is 0 Å². The highest BCUT2D eigenvalue weighted by atomic mass is 16.5. The van der Waals surface area contributed by atoms with E-state index in [0.717, 1.165) is 65.7 Å². The lowest BCUT2D eigenvalue weighted by atomic mass is 10.1. The maximum Gasteiger partial charge on any atom is 0.341 e. The van der Waals surface area contributed by atoms with E-state index in [0.29, 0.717) is 12.3 Å². The number of hydrogen-bond acceptors (Lipinski definition) is 7.